The Bertz CT molecular complexity index is 654. The van der Waals surface area contributed by atoms with Crippen LogP contribution in [0.1, 0.15) is 42.1 Å². The highest BCUT2D eigenvalue weighted by atomic mass is 32.1. The van der Waals surface area contributed by atoms with Gasteiger partial charge in [0, 0.05) is 49.4 Å². The highest BCUT2D eigenvalue weighted by Gasteiger charge is 2.24. The van der Waals surface area contributed by atoms with Gasteiger partial charge in [0.1, 0.15) is 0 Å². The fourth-order valence-corrected chi connectivity index (χ4v) is 3.63. The zero-order valence-corrected chi connectivity index (χ0v) is 14.4. The van der Waals surface area contributed by atoms with Gasteiger partial charge >= 0.3 is 0 Å². The van der Waals surface area contributed by atoms with Gasteiger partial charge in [-0.1, -0.05) is 0 Å². The number of thiophene rings is 1. The van der Waals surface area contributed by atoms with E-state index in [9.17, 15) is 9.59 Å². The number of aromatic nitrogens is 2. The molecule has 1 aliphatic heterocycles. The van der Waals surface area contributed by atoms with E-state index in [2.05, 4.69) is 10.4 Å². The first-order chi connectivity index (χ1) is 11.7. The van der Waals surface area contributed by atoms with Crippen LogP contribution in [0.4, 0.5) is 0 Å². The largest absolute Gasteiger partial charge is 0.352 e. The molecule has 1 fully saturated rings. The number of carbonyl (C=O) groups excluding carboxylic acids is 2. The lowest BCUT2D eigenvalue weighted by Gasteiger charge is -2.33. The molecule has 7 heteroatoms. The van der Waals surface area contributed by atoms with Gasteiger partial charge in [-0.05, 0) is 36.8 Å². The Balaban J connectivity index is 1.39. The van der Waals surface area contributed by atoms with Gasteiger partial charge in [0.15, 0.2) is 0 Å². The number of nitrogens with one attached hydrogen (secondary N) is 1. The van der Waals surface area contributed by atoms with Crippen LogP contribution in [0.15, 0.2) is 35.3 Å². The molecule has 0 saturated carbocycles. The summed E-state index contributed by atoms with van der Waals surface area (Å²) in [4.78, 5) is 26.1. The average molecular weight is 346 g/mol. The van der Waals surface area contributed by atoms with Crippen LogP contribution in [0.3, 0.4) is 0 Å². The van der Waals surface area contributed by atoms with Crippen LogP contribution < -0.4 is 5.32 Å². The minimum absolute atomic E-state index is 0.0691. The third kappa shape index (κ3) is 4.23. The molecule has 0 radical (unpaired) electrons. The van der Waals surface area contributed by atoms with E-state index in [1.54, 1.807) is 12.3 Å². The van der Waals surface area contributed by atoms with Crippen molar-refractivity contribution in [2.75, 3.05) is 19.6 Å². The van der Waals surface area contributed by atoms with E-state index >= 15 is 0 Å². The number of hydrogen-bond acceptors (Lipinski definition) is 4. The van der Waals surface area contributed by atoms with E-state index in [0.717, 1.165) is 25.9 Å². The lowest BCUT2D eigenvalue weighted by Crippen LogP contribution is -2.41. The quantitative estimate of drug-likeness (QED) is 0.816. The molecule has 3 rings (SSSR count). The van der Waals surface area contributed by atoms with Crippen molar-refractivity contribution in [1.82, 2.24) is 20.0 Å². The summed E-state index contributed by atoms with van der Waals surface area (Å²) in [6.07, 6.45) is 6.93. The molecule has 1 saturated heterocycles. The lowest BCUT2D eigenvalue weighted by molar-refractivity contribution is -0.133. The van der Waals surface area contributed by atoms with Crippen molar-refractivity contribution in [3.63, 3.8) is 0 Å². The van der Waals surface area contributed by atoms with Crippen molar-refractivity contribution >= 4 is 23.2 Å². The predicted octanol–water partition coefficient (Wildman–Crippen LogP) is 2.32. The van der Waals surface area contributed by atoms with Crippen LogP contribution >= 0.6 is 11.3 Å². The average Bonchev–Trinajstić information content (AvgIpc) is 3.32. The topological polar surface area (TPSA) is 67.2 Å². The molecule has 24 heavy (non-hydrogen) atoms. The number of rotatable bonds is 6. The maximum atomic E-state index is 12.4. The van der Waals surface area contributed by atoms with Gasteiger partial charge in [-0.3, -0.25) is 14.3 Å². The Morgan fingerprint density at radius 3 is 3.08 bits per heavy atom. The number of amides is 2. The van der Waals surface area contributed by atoms with E-state index in [4.69, 9.17) is 0 Å². The Morgan fingerprint density at radius 2 is 2.33 bits per heavy atom. The molecule has 3 heterocycles. The summed E-state index contributed by atoms with van der Waals surface area (Å²) in [7, 11) is 0. The molecule has 2 aromatic rings. The van der Waals surface area contributed by atoms with Gasteiger partial charge in [-0.2, -0.15) is 16.4 Å². The van der Waals surface area contributed by atoms with Crippen molar-refractivity contribution in [3.8, 4) is 0 Å². The zero-order chi connectivity index (χ0) is 16.8. The zero-order valence-electron chi connectivity index (χ0n) is 13.6. The van der Waals surface area contributed by atoms with Crippen LogP contribution in [-0.2, 0) is 4.79 Å². The van der Waals surface area contributed by atoms with E-state index in [0.29, 0.717) is 24.9 Å². The van der Waals surface area contributed by atoms with Crippen molar-refractivity contribution in [2.24, 2.45) is 0 Å². The molecule has 1 aliphatic rings. The first kappa shape index (κ1) is 16.7. The summed E-state index contributed by atoms with van der Waals surface area (Å²) in [6.45, 7) is 2.07. The Kier molecular flexibility index (Phi) is 5.63. The molecule has 0 aliphatic carbocycles. The van der Waals surface area contributed by atoms with Gasteiger partial charge in [-0.25, -0.2) is 0 Å². The summed E-state index contributed by atoms with van der Waals surface area (Å²) in [6, 6.07) is 3.99. The van der Waals surface area contributed by atoms with Gasteiger partial charge in [0.05, 0.1) is 6.04 Å². The molecule has 0 bridgehead atoms. The van der Waals surface area contributed by atoms with E-state index in [-0.39, 0.29) is 17.9 Å². The predicted molar refractivity (Wildman–Crippen MR) is 93.0 cm³/mol. The summed E-state index contributed by atoms with van der Waals surface area (Å²) in [5.41, 5.74) is 0.685. The van der Waals surface area contributed by atoms with Crippen molar-refractivity contribution in [1.29, 1.82) is 0 Å². The normalized spacial score (nSPS) is 17.7. The summed E-state index contributed by atoms with van der Waals surface area (Å²) in [5, 5.41) is 10.8. The molecule has 1 N–H and O–H groups in total. The minimum Gasteiger partial charge on any atom is -0.352 e. The molecule has 0 aromatic carbocycles. The Labute approximate surface area is 145 Å². The van der Waals surface area contributed by atoms with E-state index < -0.39 is 0 Å². The second-order valence-electron chi connectivity index (χ2n) is 5.99. The van der Waals surface area contributed by atoms with Crippen LogP contribution in [0.5, 0.6) is 0 Å². The maximum Gasteiger partial charge on any atom is 0.252 e. The monoisotopic (exact) mass is 346 g/mol. The van der Waals surface area contributed by atoms with Gasteiger partial charge < -0.3 is 10.2 Å². The standard InChI is InChI=1S/C17H22N4O2S/c22-16(5-1-7-18-17(23)14-6-11-24-13-14)20-9-2-4-15(12-20)21-10-3-8-19-21/h3,6,8,10-11,13,15H,1-2,4-5,7,9,12H2,(H,18,23)/t15-/m0/s1. The second kappa shape index (κ2) is 8.10. The third-order valence-electron chi connectivity index (χ3n) is 4.28. The molecular formula is C17H22N4O2S. The first-order valence-corrected chi connectivity index (χ1v) is 9.25. The maximum absolute atomic E-state index is 12.4. The third-order valence-corrected chi connectivity index (χ3v) is 4.97. The van der Waals surface area contributed by atoms with Crippen molar-refractivity contribution < 1.29 is 9.59 Å². The Hall–Kier alpha value is -2.15. The molecule has 128 valence electrons. The number of likely N-dealkylation sites (tertiary alicyclic amines) is 1. The van der Waals surface area contributed by atoms with Crippen LogP contribution in [0.25, 0.3) is 0 Å². The molecule has 2 amide bonds. The van der Waals surface area contributed by atoms with Crippen LogP contribution in [0.2, 0.25) is 0 Å². The molecule has 0 unspecified atom stereocenters. The number of nitrogens with zero attached hydrogens (tertiary/aromatic N) is 3. The van der Waals surface area contributed by atoms with Gasteiger partial charge in [0.25, 0.3) is 5.91 Å². The van der Waals surface area contributed by atoms with Crippen LogP contribution in [0, 0.1) is 0 Å². The first-order valence-electron chi connectivity index (χ1n) is 8.31. The van der Waals surface area contributed by atoms with Gasteiger partial charge in [0.2, 0.25) is 5.91 Å². The summed E-state index contributed by atoms with van der Waals surface area (Å²) >= 11 is 1.50. The SMILES string of the molecule is O=C(NCCCC(=O)N1CCC[C@H](n2cccn2)C1)c1ccsc1. The Morgan fingerprint density at radius 1 is 1.42 bits per heavy atom. The van der Waals surface area contributed by atoms with Crippen LogP contribution in [-0.4, -0.2) is 46.1 Å². The van der Waals surface area contributed by atoms with E-state index in [1.165, 1.54) is 11.3 Å². The number of hydrogen-bond donors (Lipinski definition) is 1. The molecule has 6 nitrogen and oxygen atoms in total. The number of carbonyl (C=O) groups is 2. The molecular weight excluding hydrogens is 324 g/mol. The smallest absolute Gasteiger partial charge is 0.252 e. The van der Waals surface area contributed by atoms with Gasteiger partial charge in [-0.15, -0.1) is 0 Å². The highest BCUT2D eigenvalue weighted by Crippen LogP contribution is 2.21. The fraction of sp³-hybridized carbons (Fsp3) is 0.471. The highest BCUT2D eigenvalue weighted by molar-refractivity contribution is 7.08. The molecule has 2 aromatic heterocycles. The fourth-order valence-electron chi connectivity index (χ4n) is 2.99. The number of piperidine rings is 1. The summed E-state index contributed by atoms with van der Waals surface area (Å²) < 4.78 is 1.94. The second-order valence-corrected chi connectivity index (χ2v) is 6.77. The summed E-state index contributed by atoms with van der Waals surface area (Å²) in [5.74, 6) is 0.0945. The minimum atomic E-state index is -0.0691. The molecule has 0 spiro atoms. The molecule has 1 atom stereocenters. The van der Waals surface area contributed by atoms with Crippen molar-refractivity contribution in [2.45, 2.75) is 31.7 Å². The van der Waals surface area contributed by atoms with E-state index in [1.807, 2.05) is 32.6 Å². The van der Waals surface area contributed by atoms with Crippen molar-refractivity contribution in [3.05, 3.63) is 40.8 Å². The lowest BCUT2D eigenvalue weighted by atomic mass is 10.1.